The van der Waals surface area contributed by atoms with Crippen molar-refractivity contribution in [2.75, 3.05) is 6.54 Å². The summed E-state index contributed by atoms with van der Waals surface area (Å²) in [5, 5.41) is 4.06. The summed E-state index contributed by atoms with van der Waals surface area (Å²) in [5.41, 5.74) is 3.26. The second-order valence-electron chi connectivity index (χ2n) is 8.18. The molecule has 8 heteroatoms. The Morgan fingerprint density at radius 2 is 1.86 bits per heavy atom. The number of amides is 1. The van der Waals surface area contributed by atoms with E-state index in [1.807, 2.05) is 48.5 Å². The Morgan fingerprint density at radius 3 is 2.60 bits per heavy atom. The highest BCUT2D eigenvalue weighted by atomic mass is 35.5. The molecule has 0 bridgehead atoms. The van der Waals surface area contributed by atoms with Crippen molar-refractivity contribution in [3.05, 3.63) is 118 Å². The number of oxazole rings is 1. The van der Waals surface area contributed by atoms with Crippen LogP contribution < -0.4 is 5.32 Å². The van der Waals surface area contributed by atoms with Gasteiger partial charge >= 0.3 is 0 Å². The SMILES string of the molecule is C[C@@H](c1ccccc1)N(Cc1nc(C(=O)NCCc2ccccn2)co1)Cc1ccc(Cl)cc1Cl. The lowest BCUT2D eigenvalue weighted by atomic mass is 10.1. The molecule has 1 N–H and O–H groups in total. The van der Waals surface area contributed by atoms with Gasteiger partial charge in [-0.05, 0) is 42.3 Å². The van der Waals surface area contributed by atoms with Crippen LogP contribution in [-0.2, 0) is 19.5 Å². The van der Waals surface area contributed by atoms with Gasteiger partial charge in [0, 0.05) is 47.5 Å². The van der Waals surface area contributed by atoms with Crippen LogP contribution >= 0.6 is 23.2 Å². The minimum absolute atomic E-state index is 0.0468. The summed E-state index contributed by atoms with van der Waals surface area (Å²) in [6.45, 7) is 3.54. The Morgan fingerprint density at radius 1 is 1.06 bits per heavy atom. The van der Waals surface area contributed by atoms with E-state index in [0.29, 0.717) is 42.0 Å². The van der Waals surface area contributed by atoms with Crippen LogP contribution in [0.4, 0.5) is 0 Å². The van der Waals surface area contributed by atoms with Gasteiger partial charge in [0.05, 0.1) is 6.54 Å². The quantitative estimate of drug-likeness (QED) is 0.279. The first-order chi connectivity index (χ1) is 17.0. The Labute approximate surface area is 214 Å². The molecule has 1 atom stereocenters. The fourth-order valence-corrected chi connectivity index (χ4v) is 4.21. The molecule has 0 spiro atoms. The number of halogens is 2. The molecule has 0 saturated heterocycles. The summed E-state index contributed by atoms with van der Waals surface area (Å²) in [5.74, 6) is 0.173. The Hall–Kier alpha value is -3.19. The molecule has 0 aliphatic heterocycles. The first kappa shape index (κ1) is 24.9. The molecule has 1 amide bonds. The van der Waals surface area contributed by atoms with Crippen LogP contribution in [0.1, 0.15) is 46.2 Å². The Balaban J connectivity index is 1.45. The molecule has 0 unspecified atom stereocenters. The molecule has 180 valence electrons. The fraction of sp³-hybridized carbons (Fsp3) is 0.222. The summed E-state index contributed by atoms with van der Waals surface area (Å²) in [6, 6.07) is 21.4. The molecule has 2 heterocycles. The zero-order valence-electron chi connectivity index (χ0n) is 19.3. The first-order valence-corrected chi connectivity index (χ1v) is 12.1. The lowest BCUT2D eigenvalue weighted by molar-refractivity contribution is 0.0949. The van der Waals surface area contributed by atoms with Gasteiger partial charge in [-0.1, -0.05) is 65.7 Å². The third-order valence-corrected chi connectivity index (χ3v) is 6.32. The lowest BCUT2D eigenvalue weighted by Crippen LogP contribution is -2.27. The Bertz CT molecular complexity index is 1250. The van der Waals surface area contributed by atoms with E-state index in [2.05, 4.69) is 39.2 Å². The molecule has 2 aromatic carbocycles. The lowest BCUT2D eigenvalue weighted by Gasteiger charge is -2.28. The van der Waals surface area contributed by atoms with E-state index in [4.69, 9.17) is 27.6 Å². The van der Waals surface area contributed by atoms with Crippen LogP contribution in [0.3, 0.4) is 0 Å². The van der Waals surface area contributed by atoms with Crippen molar-refractivity contribution >= 4 is 29.1 Å². The van der Waals surface area contributed by atoms with Crippen LogP contribution in [0.5, 0.6) is 0 Å². The topological polar surface area (TPSA) is 71.3 Å². The van der Waals surface area contributed by atoms with Gasteiger partial charge in [-0.3, -0.25) is 14.7 Å². The van der Waals surface area contributed by atoms with Gasteiger partial charge in [0.25, 0.3) is 5.91 Å². The number of hydrogen-bond acceptors (Lipinski definition) is 5. The minimum atomic E-state index is -0.278. The van der Waals surface area contributed by atoms with Gasteiger partial charge < -0.3 is 9.73 Å². The second-order valence-corrected chi connectivity index (χ2v) is 9.02. The maximum Gasteiger partial charge on any atom is 0.273 e. The fourth-order valence-electron chi connectivity index (χ4n) is 3.74. The number of nitrogens with one attached hydrogen (secondary N) is 1. The monoisotopic (exact) mass is 508 g/mol. The number of pyridine rings is 1. The summed E-state index contributed by atoms with van der Waals surface area (Å²) in [7, 11) is 0. The minimum Gasteiger partial charge on any atom is -0.447 e. The molecule has 2 aromatic heterocycles. The average Bonchev–Trinajstić information content (AvgIpc) is 3.34. The van der Waals surface area contributed by atoms with Gasteiger partial charge in [0.2, 0.25) is 5.89 Å². The van der Waals surface area contributed by atoms with E-state index in [9.17, 15) is 4.79 Å². The molecule has 0 aliphatic carbocycles. The zero-order valence-corrected chi connectivity index (χ0v) is 20.8. The third kappa shape index (κ3) is 6.92. The van der Waals surface area contributed by atoms with E-state index in [1.165, 1.54) is 6.26 Å². The number of carbonyl (C=O) groups is 1. The standard InChI is InChI=1S/C27H26Cl2N4O2/c1-19(20-7-3-2-4-8-20)33(16-21-10-11-22(28)15-24(21)29)17-26-32-25(18-35-26)27(34)31-14-12-23-9-5-6-13-30-23/h2-11,13,15,18-19H,12,14,16-17H2,1H3,(H,31,34)/t19-/m0/s1. The van der Waals surface area contributed by atoms with E-state index < -0.39 is 0 Å². The van der Waals surface area contributed by atoms with Crippen molar-refractivity contribution in [3.8, 4) is 0 Å². The molecule has 4 aromatic rings. The zero-order chi connectivity index (χ0) is 24.6. The molecule has 0 saturated carbocycles. The Kier molecular flexibility index (Phi) is 8.53. The second kappa shape index (κ2) is 12.0. The summed E-state index contributed by atoms with van der Waals surface area (Å²) in [4.78, 5) is 23.5. The highest BCUT2D eigenvalue weighted by molar-refractivity contribution is 6.35. The molecule has 6 nitrogen and oxygen atoms in total. The number of hydrogen-bond donors (Lipinski definition) is 1. The van der Waals surface area contributed by atoms with Gasteiger partial charge in [0.1, 0.15) is 6.26 Å². The van der Waals surface area contributed by atoms with Crippen molar-refractivity contribution in [2.24, 2.45) is 0 Å². The molecule has 0 aliphatic rings. The predicted octanol–water partition coefficient (Wildman–Crippen LogP) is 6.11. The van der Waals surface area contributed by atoms with E-state index in [1.54, 1.807) is 12.3 Å². The number of nitrogens with zero attached hydrogens (tertiary/aromatic N) is 3. The molecular formula is C27H26Cl2N4O2. The van der Waals surface area contributed by atoms with E-state index in [0.717, 1.165) is 16.8 Å². The van der Waals surface area contributed by atoms with Crippen molar-refractivity contribution in [2.45, 2.75) is 32.5 Å². The van der Waals surface area contributed by atoms with Gasteiger partial charge in [-0.2, -0.15) is 0 Å². The van der Waals surface area contributed by atoms with Gasteiger partial charge in [-0.25, -0.2) is 4.98 Å². The average molecular weight is 509 g/mol. The predicted molar refractivity (Wildman–Crippen MR) is 137 cm³/mol. The number of carbonyl (C=O) groups excluding carboxylic acids is 1. The number of rotatable bonds is 10. The van der Waals surface area contributed by atoms with E-state index in [-0.39, 0.29) is 17.6 Å². The summed E-state index contributed by atoms with van der Waals surface area (Å²) < 4.78 is 5.67. The highest BCUT2D eigenvalue weighted by Crippen LogP contribution is 2.28. The van der Waals surface area contributed by atoms with Gasteiger partial charge in [-0.15, -0.1) is 0 Å². The van der Waals surface area contributed by atoms with Gasteiger partial charge in [0.15, 0.2) is 5.69 Å². The van der Waals surface area contributed by atoms with Crippen LogP contribution in [0, 0.1) is 0 Å². The normalized spacial score (nSPS) is 12.0. The maximum absolute atomic E-state index is 12.6. The number of benzene rings is 2. The maximum atomic E-state index is 12.6. The molecule has 0 fully saturated rings. The van der Waals surface area contributed by atoms with Crippen molar-refractivity contribution in [3.63, 3.8) is 0 Å². The largest absolute Gasteiger partial charge is 0.447 e. The first-order valence-electron chi connectivity index (χ1n) is 11.3. The van der Waals surface area contributed by atoms with Crippen LogP contribution in [-0.4, -0.2) is 27.3 Å². The van der Waals surface area contributed by atoms with Crippen molar-refractivity contribution < 1.29 is 9.21 Å². The van der Waals surface area contributed by atoms with Crippen LogP contribution in [0.2, 0.25) is 10.0 Å². The molecular weight excluding hydrogens is 483 g/mol. The highest BCUT2D eigenvalue weighted by Gasteiger charge is 2.21. The van der Waals surface area contributed by atoms with Crippen LogP contribution in [0.15, 0.2) is 83.6 Å². The summed E-state index contributed by atoms with van der Waals surface area (Å²) >= 11 is 12.5. The van der Waals surface area contributed by atoms with E-state index >= 15 is 0 Å². The summed E-state index contributed by atoms with van der Waals surface area (Å²) in [6.07, 6.45) is 3.77. The van der Waals surface area contributed by atoms with Crippen molar-refractivity contribution in [1.29, 1.82) is 0 Å². The molecule has 0 radical (unpaired) electrons. The molecule has 35 heavy (non-hydrogen) atoms. The molecule has 4 rings (SSSR count). The third-order valence-electron chi connectivity index (χ3n) is 5.73. The van der Waals surface area contributed by atoms with Crippen molar-refractivity contribution in [1.82, 2.24) is 20.2 Å². The van der Waals surface area contributed by atoms with Crippen LogP contribution in [0.25, 0.3) is 0 Å². The smallest absolute Gasteiger partial charge is 0.273 e. The number of aromatic nitrogens is 2.